The topological polar surface area (TPSA) is 56.1 Å². The van der Waals surface area contributed by atoms with Crippen molar-refractivity contribution in [1.82, 2.24) is 10.2 Å². The van der Waals surface area contributed by atoms with Gasteiger partial charge in [-0.1, -0.05) is 29.8 Å². The lowest BCUT2D eigenvalue weighted by molar-refractivity contribution is 0.176. The molecule has 0 aliphatic carbocycles. The average Bonchev–Trinajstić information content (AvgIpc) is 2.46. The smallest absolute Gasteiger partial charge is 0.317 e. The molecule has 0 aromatic heterocycles. The van der Waals surface area contributed by atoms with Crippen LogP contribution in [-0.4, -0.2) is 24.0 Å². The first kappa shape index (κ1) is 13.4. The summed E-state index contributed by atoms with van der Waals surface area (Å²) >= 11 is 0. The number of amides is 2. The quantitative estimate of drug-likeness (QED) is 0.884. The molecule has 2 rings (SSSR count). The van der Waals surface area contributed by atoms with Gasteiger partial charge >= 0.3 is 6.03 Å². The number of piperidine rings is 1. The second kappa shape index (κ2) is 6.24. The molecule has 100 valence electrons. The fraction of sp³-hybridized carbons (Fsp3) is 0.467. The minimum atomic E-state index is -0.0690. The molecule has 1 aliphatic rings. The van der Waals surface area contributed by atoms with E-state index in [-0.39, 0.29) is 11.9 Å². The van der Waals surface area contributed by atoms with E-state index in [4.69, 9.17) is 5.26 Å². The lowest BCUT2D eigenvalue weighted by atomic mass is 10.0. The van der Waals surface area contributed by atoms with Gasteiger partial charge in [-0.3, -0.25) is 0 Å². The van der Waals surface area contributed by atoms with E-state index in [1.807, 2.05) is 31.2 Å². The van der Waals surface area contributed by atoms with Crippen LogP contribution in [0.15, 0.2) is 24.3 Å². The zero-order valence-corrected chi connectivity index (χ0v) is 11.2. The van der Waals surface area contributed by atoms with E-state index in [1.165, 1.54) is 5.56 Å². The molecule has 4 heteroatoms. The molecular weight excluding hydrogens is 238 g/mol. The summed E-state index contributed by atoms with van der Waals surface area (Å²) in [5.74, 6) is -0.0149. The molecule has 0 saturated carbocycles. The van der Waals surface area contributed by atoms with E-state index < -0.39 is 0 Å². The molecule has 1 saturated heterocycles. The maximum Gasteiger partial charge on any atom is 0.317 e. The van der Waals surface area contributed by atoms with Crippen LogP contribution < -0.4 is 5.32 Å². The maximum absolute atomic E-state index is 12.0. The molecule has 4 nitrogen and oxygen atoms in total. The minimum Gasteiger partial charge on any atom is -0.334 e. The van der Waals surface area contributed by atoms with E-state index in [9.17, 15) is 4.79 Å². The maximum atomic E-state index is 12.0. The first-order valence-corrected chi connectivity index (χ1v) is 6.67. The number of hydrogen-bond donors (Lipinski definition) is 1. The number of nitriles is 1. The molecule has 0 radical (unpaired) electrons. The molecule has 1 fully saturated rings. The lowest BCUT2D eigenvalue weighted by Gasteiger charge is -2.29. The van der Waals surface area contributed by atoms with Gasteiger partial charge in [0.25, 0.3) is 0 Å². The van der Waals surface area contributed by atoms with Crippen LogP contribution in [0.3, 0.4) is 0 Å². The van der Waals surface area contributed by atoms with Gasteiger partial charge in [-0.25, -0.2) is 4.79 Å². The average molecular weight is 257 g/mol. The summed E-state index contributed by atoms with van der Waals surface area (Å²) in [5, 5.41) is 11.8. The number of rotatable bonds is 2. The molecule has 1 N–H and O–H groups in total. The van der Waals surface area contributed by atoms with Gasteiger partial charge in [0.1, 0.15) is 0 Å². The van der Waals surface area contributed by atoms with Crippen LogP contribution in [0, 0.1) is 24.2 Å². The zero-order valence-electron chi connectivity index (χ0n) is 11.2. The highest BCUT2D eigenvalue weighted by Crippen LogP contribution is 2.15. The second-order valence-electron chi connectivity index (χ2n) is 5.06. The van der Waals surface area contributed by atoms with Crippen molar-refractivity contribution in [3.63, 3.8) is 0 Å². The number of benzene rings is 1. The second-order valence-corrected chi connectivity index (χ2v) is 5.06. The van der Waals surface area contributed by atoms with Gasteiger partial charge in [-0.05, 0) is 25.3 Å². The Bertz CT molecular complexity index is 475. The number of nitrogens with one attached hydrogen (secondary N) is 1. The predicted molar refractivity (Wildman–Crippen MR) is 73.3 cm³/mol. The Kier molecular flexibility index (Phi) is 4.40. The van der Waals surface area contributed by atoms with E-state index in [0.29, 0.717) is 13.1 Å². The summed E-state index contributed by atoms with van der Waals surface area (Å²) in [5.41, 5.74) is 2.30. The van der Waals surface area contributed by atoms with Crippen molar-refractivity contribution in [2.24, 2.45) is 5.92 Å². The fourth-order valence-electron chi connectivity index (χ4n) is 2.26. The first-order valence-electron chi connectivity index (χ1n) is 6.67. The molecule has 1 aromatic rings. The van der Waals surface area contributed by atoms with E-state index in [0.717, 1.165) is 24.9 Å². The molecule has 0 spiro atoms. The van der Waals surface area contributed by atoms with Crippen LogP contribution >= 0.6 is 0 Å². The van der Waals surface area contributed by atoms with Crippen molar-refractivity contribution >= 4 is 6.03 Å². The van der Waals surface area contributed by atoms with Crippen molar-refractivity contribution in [2.45, 2.75) is 26.3 Å². The third-order valence-electron chi connectivity index (χ3n) is 3.46. The standard InChI is InChI=1S/C15H19N3O/c1-12-4-6-13(7-5-12)10-17-15(19)18-8-2-3-14(9-16)11-18/h4-7,14H,2-3,8,10-11H2,1H3,(H,17,19)/t14-/m1/s1. The molecule has 2 amide bonds. The normalized spacial score (nSPS) is 18.7. The highest BCUT2D eigenvalue weighted by molar-refractivity contribution is 5.74. The van der Waals surface area contributed by atoms with Gasteiger partial charge < -0.3 is 10.2 Å². The van der Waals surface area contributed by atoms with Crippen LogP contribution in [0.2, 0.25) is 0 Å². The van der Waals surface area contributed by atoms with Gasteiger partial charge in [0.05, 0.1) is 12.0 Å². The fourth-order valence-corrected chi connectivity index (χ4v) is 2.26. The van der Waals surface area contributed by atoms with Crippen molar-refractivity contribution in [3.8, 4) is 6.07 Å². The van der Waals surface area contributed by atoms with Gasteiger partial charge in [-0.15, -0.1) is 0 Å². The van der Waals surface area contributed by atoms with Crippen molar-refractivity contribution in [1.29, 1.82) is 5.26 Å². The Labute approximate surface area is 114 Å². The van der Waals surface area contributed by atoms with E-state index in [2.05, 4.69) is 11.4 Å². The number of likely N-dealkylation sites (tertiary alicyclic amines) is 1. The summed E-state index contributed by atoms with van der Waals surface area (Å²) in [6.45, 7) is 3.87. The van der Waals surface area contributed by atoms with Gasteiger partial charge in [0.2, 0.25) is 0 Å². The highest BCUT2D eigenvalue weighted by atomic mass is 16.2. The first-order chi connectivity index (χ1) is 9.19. The Morgan fingerprint density at radius 1 is 1.47 bits per heavy atom. The third-order valence-corrected chi connectivity index (χ3v) is 3.46. The number of carbonyl (C=O) groups excluding carboxylic acids is 1. The number of hydrogen-bond acceptors (Lipinski definition) is 2. The summed E-state index contributed by atoms with van der Waals surface area (Å²) in [6, 6.07) is 10.3. The van der Waals surface area contributed by atoms with Crippen molar-refractivity contribution < 1.29 is 4.79 Å². The molecule has 1 aromatic carbocycles. The molecule has 0 bridgehead atoms. The van der Waals surface area contributed by atoms with Crippen LogP contribution in [0.4, 0.5) is 4.79 Å². The monoisotopic (exact) mass is 257 g/mol. The number of aryl methyl sites for hydroxylation is 1. The van der Waals surface area contributed by atoms with Crippen molar-refractivity contribution in [2.75, 3.05) is 13.1 Å². The van der Waals surface area contributed by atoms with Crippen LogP contribution in [0.5, 0.6) is 0 Å². The molecule has 1 atom stereocenters. The van der Waals surface area contributed by atoms with Crippen LogP contribution in [0.25, 0.3) is 0 Å². The Balaban J connectivity index is 1.84. The Hall–Kier alpha value is -2.02. The largest absolute Gasteiger partial charge is 0.334 e. The Morgan fingerprint density at radius 2 is 2.21 bits per heavy atom. The molecular formula is C15H19N3O. The van der Waals surface area contributed by atoms with Crippen LogP contribution in [-0.2, 0) is 6.54 Å². The zero-order chi connectivity index (χ0) is 13.7. The summed E-state index contributed by atoms with van der Waals surface area (Å²) in [4.78, 5) is 13.7. The van der Waals surface area contributed by atoms with Crippen molar-refractivity contribution in [3.05, 3.63) is 35.4 Å². The van der Waals surface area contributed by atoms with E-state index >= 15 is 0 Å². The van der Waals surface area contributed by atoms with Gasteiger partial charge in [0, 0.05) is 19.6 Å². The summed E-state index contributed by atoms with van der Waals surface area (Å²) < 4.78 is 0. The SMILES string of the molecule is Cc1ccc(CNC(=O)N2CCC[C@H](C#N)C2)cc1. The number of urea groups is 1. The summed E-state index contributed by atoms with van der Waals surface area (Å²) in [7, 11) is 0. The highest BCUT2D eigenvalue weighted by Gasteiger charge is 2.22. The molecule has 19 heavy (non-hydrogen) atoms. The Morgan fingerprint density at radius 3 is 2.89 bits per heavy atom. The summed E-state index contributed by atoms with van der Waals surface area (Å²) in [6.07, 6.45) is 1.81. The predicted octanol–water partition coefficient (Wildman–Crippen LogP) is 2.44. The minimum absolute atomic E-state index is 0.0149. The number of nitrogens with zero attached hydrogens (tertiary/aromatic N) is 2. The van der Waals surface area contributed by atoms with Gasteiger partial charge in [-0.2, -0.15) is 5.26 Å². The molecule has 1 heterocycles. The number of carbonyl (C=O) groups is 1. The third kappa shape index (κ3) is 3.72. The van der Waals surface area contributed by atoms with Crippen LogP contribution in [0.1, 0.15) is 24.0 Å². The van der Waals surface area contributed by atoms with E-state index in [1.54, 1.807) is 4.90 Å². The lowest BCUT2D eigenvalue weighted by Crippen LogP contribution is -2.45. The van der Waals surface area contributed by atoms with Gasteiger partial charge in [0.15, 0.2) is 0 Å². The molecule has 1 aliphatic heterocycles. The molecule has 0 unspecified atom stereocenters.